The Balaban J connectivity index is 1.51. The number of nitrogens with zero attached hydrogens (tertiary/aromatic N) is 3. The molecule has 23 heavy (non-hydrogen) atoms. The summed E-state index contributed by atoms with van der Waals surface area (Å²) in [5.74, 6) is 0. The molecule has 3 heterocycles. The van der Waals surface area contributed by atoms with Crippen molar-refractivity contribution in [2.75, 3.05) is 45.8 Å². The number of hydrogen-bond acceptors (Lipinski definition) is 5. The van der Waals surface area contributed by atoms with Gasteiger partial charge < -0.3 is 5.11 Å². The fourth-order valence-electron chi connectivity index (χ4n) is 3.22. The van der Waals surface area contributed by atoms with Crippen molar-refractivity contribution in [2.45, 2.75) is 25.4 Å². The third-order valence-corrected chi connectivity index (χ3v) is 7.61. The van der Waals surface area contributed by atoms with E-state index in [0.29, 0.717) is 45.8 Å². The molecule has 1 aromatic heterocycles. The van der Waals surface area contributed by atoms with E-state index >= 15 is 0 Å². The van der Waals surface area contributed by atoms with Gasteiger partial charge in [0, 0.05) is 50.7 Å². The van der Waals surface area contributed by atoms with Gasteiger partial charge in [0.05, 0.1) is 0 Å². The standard InChI is InChI=1S/C15H25N3O3S2/c19-14(15-5-4-12-22-15)13-16-8-10-18(11-9-16)23(20,21)17-6-2-1-3-7-17/h4-5,12,14,19H,1-3,6-11,13H2/t14-/m0/s1. The Morgan fingerprint density at radius 2 is 1.70 bits per heavy atom. The Labute approximate surface area is 142 Å². The Morgan fingerprint density at radius 1 is 1.04 bits per heavy atom. The molecule has 0 unspecified atom stereocenters. The topological polar surface area (TPSA) is 64.1 Å². The first-order valence-corrected chi connectivity index (χ1v) is 10.5. The van der Waals surface area contributed by atoms with E-state index in [1.54, 1.807) is 19.9 Å². The van der Waals surface area contributed by atoms with Crippen LogP contribution < -0.4 is 0 Å². The van der Waals surface area contributed by atoms with E-state index in [1.807, 2.05) is 17.5 Å². The van der Waals surface area contributed by atoms with Crippen molar-refractivity contribution >= 4 is 21.5 Å². The number of piperidine rings is 1. The number of rotatable bonds is 5. The molecular formula is C15H25N3O3S2. The van der Waals surface area contributed by atoms with Crippen molar-refractivity contribution in [3.63, 3.8) is 0 Å². The fourth-order valence-corrected chi connectivity index (χ4v) is 5.59. The van der Waals surface area contributed by atoms with Gasteiger partial charge in [0.25, 0.3) is 10.2 Å². The molecule has 8 heteroatoms. The SMILES string of the molecule is O=S(=O)(N1CCCCC1)N1CCN(C[C@H](O)c2cccs2)CC1. The highest BCUT2D eigenvalue weighted by molar-refractivity contribution is 7.86. The fraction of sp³-hybridized carbons (Fsp3) is 0.733. The Morgan fingerprint density at radius 3 is 2.30 bits per heavy atom. The molecule has 2 aliphatic rings. The van der Waals surface area contributed by atoms with Crippen LogP contribution in [0.5, 0.6) is 0 Å². The first-order valence-electron chi connectivity index (χ1n) is 8.26. The van der Waals surface area contributed by atoms with Gasteiger partial charge in [0.1, 0.15) is 6.10 Å². The van der Waals surface area contributed by atoms with Gasteiger partial charge >= 0.3 is 0 Å². The van der Waals surface area contributed by atoms with Crippen molar-refractivity contribution in [2.24, 2.45) is 0 Å². The van der Waals surface area contributed by atoms with E-state index in [0.717, 1.165) is 24.1 Å². The second-order valence-electron chi connectivity index (χ2n) is 6.20. The second-order valence-corrected chi connectivity index (χ2v) is 9.11. The van der Waals surface area contributed by atoms with Gasteiger partial charge in [-0.25, -0.2) is 0 Å². The van der Waals surface area contributed by atoms with Crippen molar-refractivity contribution in [1.29, 1.82) is 0 Å². The molecule has 2 aliphatic heterocycles. The minimum Gasteiger partial charge on any atom is -0.386 e. The number of thiophene rings is 1. The Kier molecular flexibility index (Phi) is 5.71. The third kappa shape index (κ3) is 4.12. The number of aliphatic hydroxyl groups is 1. The molecule has 0 bridgehead atoms. The summed E-state index contributed by atoms with van der Waals surface area (Å²) in [4.78, 5) is 3.11. The molecule has 6 nitrogen and oxygen atoms in total. The van der Waals surface area contributed by atoms with Crippen molar-refractivity contribution < 1.29 is 13.5 Å². The van der Waals surface area contributed by atoms with Crippen LogP contribution >= 0.6 is 11.3 Å². The van der Waals surface area contributed by atoms with Crippen molar-refractivity contribution in [3.8, 4) is 0 Å². The van der Waals surface area contributed by atoms with Gasteiger partial charge in [0.2, 0.25) is 0 Å². The van der Waals surface area contributed by atoms with E-state index in [2.05, 4.69) is 4.90 Å². The molecule has 0 aliphatic carbocycles. The predicted octanol–water partition coefficient (Wildman–Crippen LogP) is 1.13. The quantitative estimate of drug-likeness (QED) is 0.856. The maximum Gasteiger partial charge on any atom is 0.282 e. The van der Waals surface area contributed by atoms with Crippen LogP contribution in [0.4, 0.5) is 0 Å². The zero-order chi connectivity index (χ0) is 16.3. The van der Waals surface area contributed by atoms with E-state index < -0.39 is 16.3 Å². The minimum atomic E-state index is -3.30. The number of piperazine rings is 1. The molecule has 1 aromatic rings. The molecule has 0 radical (unpaired) electrons. The number of β-amino-alcohol motifs (C(OH)–C–C–N with tert-alkyl or cyclic N) is 1. The molecule has 0 amide bonds. The van der Waals surface area contributed by atoms with Crippen LogP contribution in [0.1, 0.15) is 30.2 Å². The van der Waals surface area contributed by atoms with Crippen LogP contribution in [0.2, 0.25) is 0 Å². The van der Waals surface area contributed by atoms with E-state index in [1.165, 1.54) is 0 Å². The zero-order valence-electron chi connectivity index (χ0n) is 13.3. The lowest BCUT2D eigenvalue weighted by atomic mass is 10.2. The summed E-state index contributed by atoms with van der Waals surface area (Å²) < 4.78 is 28.5. The van der Waals surface area contributed by atoms with E-state index in [-0.39, 0.29) is 0 Å². The van der Waals surface area contributed by atoms with E-state index in [9.17, 15) is 13.5 Å². The molecule has 0 aromatic carbocycles. The van der Waals surface area contributed by atoms with Crippen LogP contribution in [0, 0.1) is 0 Å². The van der Waals surface area contributed by atoms with Gasteiger partial charge in [-0.3, -0.25) is 4.90 Å². The first kappa shape index (κ1) is 17.3. The van der Waals surface area contributed by atoms with Crippen molar-refractivity contribution in [1.82, 2.24) is 13.5 Å². The normalized spacial score (nSPS) is 23.9. The average Bonchev–Trinajstić information content (AvgIpc) is 3.11. The molecular weight excluding hydrogens is 334 g/mol. The molecule has 1 N–H and O–H groups in total. The lowest BCUT2D eigenvalue weighted by Crippen LogP contribution is -2.54. The highest BCUT2D eigenvalue weighted by Crippen LogP contribution is 2.22. The average molecular weight is 360 g/mol. The van der Waals surface area contributed by atoms with Gasteiger partial charge in [-0.15, -0.1) is 11.3 Å². The molecule has 3 rings (SSSR count). The predicted molar refractivity (Wildman–Crippen MR) is 91.6 cm³/mol. The van der Waals surface area contributed by atoms with Gasteiger partial charge in [0.15, 0.2) is 0 Å². The minimum absolute atomic E-state index is 0.486. The van der Waals surface area contributed by atoms with E-state index in [4.69, 9.17) is 0 Å². The summed E-state index contributed by atoms with van der Waals surface area (Å²) in [5, 5.41) is 12.2. The highest BCUT2D eigenvalue weighted by atomic mass is 32.2. The highest BCUT2D eigenvalue weighted by Gasteiger charge is 2.33. The van der Waals surface area contributed by atoms with Gasteiger partial charge in [-0.2, -0.15) is 17.0 Å². The summed E-state index contributed by atoms with van der Waals surface area (Å²) in [6, 6.07) is 3.87. The first-order chi connectivity index (χ1) is 11.1. The lowest BCUT2D eigenvalue weighted by Gasteiger charge is -2.38. The molecule has 2 saturated heterocycles. The Hall–Kier alpha value is -0.510. The number of hydrogen-bond donors (Lipinski definition) is 1. The van der Waals surface area contributed by atoms with Gasteiger partial charge in [-0.1, -0.05) is 12.5 Å². The summed E-state index contributed by atoms with van der Waals surface area (Å²) in [5.41, 5.74) is 0. The van der Waals surface area contributed by atoms with Crippen LogP contribution in [0.15, 0.2) is 17.5 Å². The van der Waals surface area contributed by atoms with Crippen LogP contribution in [-0.2, 0) is 10.2 Å². The maximum atomic E-state index is 12.6. The summed E-state index contributed by atoms with van der Waals surface area (Å²) >= 11 is 1.55. The number of aliphatic hydroxyl groups excluding tert-OH is 1. The maximum absolute atomic E-state index is 12.6. The van der Waals surface area contributed by atoms with Crippen molar-refractivity contribution in [3.05, 3.63) is 22.4 Å². The van der Waals surface area contributed by atoms with Crippen LogP contribution in [0.3, 0.4) is 0 Å². The largest absolute Gasteiger partial charge is 0.386 e. The smallest absolute Gasteiger partial charge is 0.282 e. The third-order valence-electron chi connectivity index (χ3n) is 4.60. The van der Waals surface area contributed by atoms with Gasteiger partial charge in [-0.05, 0) is 24.3 Å². The molecule has 130 valence electrons. The second kappa shape index (κ2) is 7.58. The monoisotopic (exact) mass is 359 g/mol. The molecule has 1 atom stereocenters. The molecule has 0 spiro atoms. The Bertz CT molecular complexity index is 577. The zero-order valence-corrected chi connectivity index (χ0v) is 14.9. The summed E-state index contributed by atoms with van der Waals surface area (Å²) in [6.07, 6.45) is 2.57. The van der Waals surface area contributed by atoms with Crippen LogP contribution in [0.25, 0.3) is 0 Å². The molecule has 2 fully saturated rings. The molecule has 0 saturated carbocycles. The summed E-state index contributed by atoms with van der Waals surface area (Å²) in [6.45, 7) is 4.24. The summed E-state index contributed by atoms with van der Waals surface area (Å²) in [7, 11) is -3.30. The lowest BCUT2D eigenvalue weighted by molar-refractivity contribution is 0.0925. The van der Waals surface area contributed by atoms with Crippen LogP contribution in [-0.4, -0.2) is 72.8 Å².